The third-order valence-corrected chi connectivity index (χ3v) is 10.9. The van der Waals surface area contributed by atoms with E-state index in [1.807, 2.05) is 0 Å². The third kappa shape index (κ3) is 7.19. The molecule has 0 spiro atoms. The first-order valence-corrected chi connectivity index (χ1v) is 18.0. The molecular formula is C39H46F2N6O4. The van der Waals surface area contributed by atoms with Crippen LogP contribution in [-0.4, -0.2) is 95.7 Å². The Kier molecular flexibility index (Phi) is 10.0. The number of aromatic hydroxyl groups is 1. The summed E-state index contributed by atoms with van der Waals surface area (Å²) in [5.41, 5.74) is 1.93. The molecule has 10 nitrogen and oxygen atoms in total. The molecule has 12 heteroatoms. The van der Waals surface area contributed by atoms with Crippen LogP contribution in [0.4, 0.5) is 20.3 Å². The molecular weight excluding hydrogens is 654 g/mol. The van der Waals surface area contributed by atoms with Gasteiger partial charge in [0.2, 0.25) is 5.91 Å². The van der Waals surface area contributed by atoms with Crippen molar-refractivity contribution < 1.29 is 28.2 Å². The molecule has 5 heterocycles. The van der Waals surface area contributed by atoms with Crippen LogP contribution in [0.3, 0.4) is 0 Å². The maximum atomic E-state index is 15.0. The lowest BCUT2D eigenvalue weighted by Crippen LogP contribution is -2.52. The van der Waals surface area contributed by atoms with Gasteiger partial charge in [0, 0.05) is 80.6 Å². The second-order valence-electron chi connectivity index (χ2n) is 14.5. The van der Waals surface area contributed by atoms with Gasteiger partial charge in [0.15, 0.2) is 0 Å². The number of ether oxygens (including phenoxy) is 2. The first kappa shape index (κ1) is 35.0. The van der Waals surface area contributed by atoms with Gasteiger partial charge in [0.25, 0.3) is 0 Å². The van der Waals surface area contributed by atoms with E-state index in [4.69, 9.17) is 25.9 Å². The van der Waals surface area contributed by atoms with Gasteiger partial charge in [-0.2, -0.15) is 9.97 Å². The van der Waals surface area contributed by atoms with E-state index in [0.717, 1.165) is 55.7 Å². The fraction of sp³-hybridized carbons (Fsp3) is 0.513. The number of aromatic nitrogens is 2. The van der Waals surface area contributed by atoms with Gasteiger partial charge >= 0.3 is 6.01 Å². The summed E-state index contributed by atoms with van der Waals surface area (Å²) in [6, 6.07) is 6.48. The van der Waals surface area contributed by atoms with Crippen molar-refractivity contribution >= 4 is 28.2 Å². The number of halogens is 2. The Morgan fingerprint density at radius 3 is 2.80 bits per heavy atom. The van der Waals surface area contributed by atoms with E-state index in [2.05, 4.69) is 39.4 Å². The lowest BCUT2D eigenvalue weighted by molar-refractivity contribution is -0.117. The summed E-state index contributed by atoms with van der Waals surface area (Å²) in [4.78, 5) is 28.8. The molecule has 270 valence electrons. The highest BCUT2D eigenvalue weighted by Crippen LogP contribution is 2.40. The molecule has 3 fully saturated rings. The molecule has 4 aliphatic heterocycles. The summed E-state index contributed by atoms with van der Waals surface area (Å²) in [6.45, 7) is 9.76. The topological polar surface area (TPSA) is 103 Å². The smallest absolute Gasteiger partial charge is 0.318 e. The van der Waals surface area contributed by atoms with Gasteiger partial charge in [-0.15, -0.1) is 6.42 Å². The molecule has 2 N–H and O–H groups in total. The number of terminal acetylenes is 1. The maximum absolute atomic E-state index is 15.0. The summed E-state index contributed by atoms with van der Waals surface area (Å²) in [5, 5.41) is 15.0. The predicted molar refractivity (Wildman–Crippen MR) is 192 cm³/mol. The number of phenolic OH excluding ortho intramolecular Hbond substituents is 1. The van der Waals surface area contributed by atoms with Gasteiger partial charge in [-0.3, -0.25) is 9.69 Å². The number of carbonyl (C=O) groups is 1. The van der Waals surface area contributed by atoms with Crippen molar-refractivity contribution in [3.63, 3.8) is 0 Å². The predicted octanol–water partition coefficient (Wildman–Crippen LogP) is 5.04. The highest BCUT2D eigenvalue weighted by atomic mass is 19.1. The second-order valence-corrected chi connectivity index (χ2v) is 14.5. The molecule has 1 unspecified atom stereocenters. The number of hydrogen-bond acceptors (Lipinski definition) is 9. The van der Waals surface area contributed by atoms with E-state index < -0.39 is 17.5 Å². The molecule has 7 rings (SSSR count). The molecule has 51 heavy (non-hydrogen) atoms. The lowest BCUT2D eigenvalue weighted by atomic mass is 9.96. The lowest BCUT2D eigenvalue weighted by Gasteiger charge is -2.41. The summed E-state index contributed by atoms with van der Waals surface area (Å²) in [5.74, 6) is 2.61. The molecule has 3 saturated heterocycles. The highest BCUT2D eigenvalue weighted by molar-refractivity contribution is 6.00. The Morgan fingerprint density at radius 1 is 1.20 bits per heavy atom. The average molecular weight is 701 g/mol. The van der Waals surface area contributed by atoms with E-state index in [-0.39, 0.29) is 41.9 Å². The van der Waals surface area contributed by atoms with Crippen molar-refractivity contribution in [1.82, 2.24) is 20.2 Å². The van der Waals surface area contributed by atoms with Crippen LogP contribution >= 0.6 is 0 Å². The standard InChI is InChI=1S/C39H46F2N6O4/c1-4-30-32(41)10-9-25-18-29(48)19-34(36(25)30)45-15-11-31-33(23-45)43-38(44-37(31)46-14-7-6-8-27(22-46)42-35(49)5-2)51-24-39(3)20-26(40)21-47(39)28-12-16-50-17-13-28/h1,5,9-10,18-19,26-28,48H,2,6-8,11-17,20-24H2,3H3,(H,42,49)/t26-,27?,39+/m1/s1. The molecule has 1 aromatic heterocycles. The number of benzene rings is 2. The van der Waals surface area contributed by atoms with Crippen molar-refractivity contribution in [2.75, 3.05) is 55.8 Å². The number of alkyl halides is 1. The Morgan fingerprint density at radius 2 is 2.02 bits per heavy atom. The molecule has 1 amide bonds. The summed E-state index contributed by atoms with van der Waals surface area (Å²) in [6.07, 6.45) is 11.5. The molecule has 0 radical (unpaired) electrons. The minimum Gasteiger partial charge on any atom is -0.508 e. The van der Waals surface area contributed by atoms with Crippen molar-refractivity contribution in [3.05, 3.63) is 59.6 Å². The zero-order valence-electron chi connectivity index (χ0n) is 29.2. The van der Waals surface area contributed by atoms with Crippen molar-refractivity contribution in [1.29, 1.82) is 0 Å². The molecule has 0 bridgehead atoms. The molecule has 0 aliphatic carbocycles. The van der Waals surface area contributed by atoms with E-state index in [1.54, 1.807) is 18.2 Å². The Hall–Kier alpha value is -4.47. The van der Waals surface area contributed by atoms with Crippen LogP contribution in [-0.2, 0) is 22.5 Å². The van der Waals surface area contributed by atoms with Crippen LogP contribution in [0.2, 0.25) is 0 Å². The van der Waals surface area contributed by atoms with Crippen LogP contribution in [0.15, 0.2) is 36.9 Å². The minimum atomic E-state index is -0.954. The Bertz CT molecular complexity index is 1840. The number of nitrogens with one attached hydrogen (secondary N) is 1. The van der Waals surface area contributed by atoms with Crippen LogP contribution in [0.5, 0.6) is 11.8 Å². The number of amides is 1. The average Bonchev–Trinajstić information content (AvgIpc) is 3.27. The molecule has 3 atom stereocenters. The fourth-order valence-electron chi connectivity index (χ4n) is 8.47. The van der Waals surface area contributed by atoms with E-state index in [1.165, 1.54) is 12.1 Å². The molecule has 0 saturated carbocycles. The molecule has 3 aromatic rings. The van der Waals surface area contributed by atoms with E-state index >= 15 is 4.39 Å². The quantitative estimate of drug-likeness (QED) is 0.247. The number of likely N-dealkylation sites (tertiary alicyclic amines) is 1. The summed E-state index contributed by atoms with van der Waals surface area (Å²) in [7, 11) is 0. The maximum Gasteiger partial charge on any atom is 0.318 e. The Balaban J connectivity index is 1.24. The SMILES string of the molecule is C#Cc1c(F)ccc2cc(O)cc(N3CCc4c(nc(OC[C@]5(C)C[C@@H](F)CN5C5CCOCC5)nc4N4CCCCC(NC(=O)C=C)C4)C3)c12. The number of rotatable bonds is 8. The van der Waals surface area contributed by atoms with Crippen molar-refractivity contribution in [2.45, 2.75) is 82.2 Å². The number of anilines is 2. The van der Waals surface area contributed by atoms with Crippen molar-refractivity contribution in [3.8, 4) is 24.1 Å². The molecule has 2 aromatic carbocycles. The summed E-state index contributed by atoms with van der Waals surface area (Å²) >= 11 is 0. The monoisotopic (exact) mass is 700 g/mol. The number of fused-ring (bicyclic) bond motifs is 2. The number of hydrogen-bond donors (Lipinski definition) is 2. The number of nitrogens with zero attached hydrogens (tertiary/aromatic N) is 5. The molecule has 4 aliphatic rings. The zero-order valence-corrected chi connectivity index (χ0v) is 29.2. The fourth-order valence-corrected chi connectivity index (χ4v) is 8.47. The summed E-state index contributed by atoms with van der Waals surface area (Å²) < 4.78 is 42.1. The number of phenols is 1. The second kappa shape index (κ2) is 14.6. The largest absolute Gasteiger partial charge is 0.508 e. The van der Waals surface area contributed by atoms with Crippen LogP contribution in [0, 0.1) is 18.2 Å². The van der Waals surface area contributed by atoms with Crippen LogP contribution in [0.25, 0.3) is 10.8 Å². The highest BCUT2D eigenvalue weighted by Gasteiger charge is 2.46. The van der Waals surface area contributed by atoms with Gasteiger partial charge in [0.1, 0.15) is 30.2 Å². The normalized spacial score (nSPS) is 24.5. The Labute approximate surface area is 297 Å². The van der Waals surface area contributed by atoms with E-state index in [0.29, 0.717) is 68.7 Å². The number of carbonyl (C=O) groups excluding carboxylic acids is 1. The van der Waals surface area contributed by atoms with Gasteiger partial charge in [-0.05, 0) is 69.0 Å². The minimum absolute atomic E-state index is 0.0486. The third-order valence-electron chi connectivity index (χ3n) is 10.9. The first-order valence-electron chi connectivity index (χ1n) is 18.0. The van der Waals surface area contributed by atoms with Crippen LogP contribution < -0.4 is 19.9 Å². The van der Waals surface area contributed by atoms with Gasteiger partial charge in [0.05, 0.1) is 23.3 Å². The van der Waals surface area contributed by atoms with E-state index in [9.17, 15) is 14.3 Å². The zero-order chi connectivity index (χ0) is 35.7. The van der Waals surface area contributed by atoms with Crippen molar-refractivity contribution in [2.24, 2.45) is 0 Å². The van der Waals surface area contributed by atoms with Crippen LogP contribution in [0.1, 0.15) is 62.3 Å². The van der Waals surface area contributed by atoms with Gasteiger partial charge < -0.3 is 29.7 Å². The van der Waals surface area contributed by atoms with Gasteiger partial charge in [-0.1, -0.05) is 18.6 Å². The first-order chi connectivity index (χ1) is 24.7. The van der Waals surface area contributed by atoms with Gasteiger partial charge in [-0.25, -0.2) is 8.78 Å².